The zero-order valence-electron chi connectivity index (χ0n) is 20.2. The zero-order chi connectivity index (χ0) is 27.2. The number of aromatic nitrogens is 1. The van der Waals surface area contributed by atoms with Crippen LogP contribution in [-0.2, 0) is 14.3 Å². The van der Waals surface area contributed by atoms with Crippen molar-refractivity contribution in [2.24, 2.45) is 10.9 Å². The molecule has 0 spiro atoms. The largest absolute Gasteiger partial charge is 0.481 e. The number of piperidine rings is 1. The lowest BCUT2D eigenvalue weighted by molar-refractivity contribution is -0.139. The van der Waals surface area contributed by atoms with Gasteiger partial charge in [-0.15, -0.1) is 11.3 Å². The average Bonchev–Trinajstić information content (AvgIpc) is 3.44. The first kappa shape index (κ1) is 26.8. The lowest BCUT2D eigenvalue weighted by Gasteiger charge is -2.40. The highest BCUT2D eigenvalue weighted by molar-refractivity contribution is 9.10. The summed E-state index contributed by atoms with van der Waals surface area (Å²) in [5.74, 6) is -5.32. The molecule has 0 unspecified atom stereocenters. The zero-order valence-corrected chi connectivity index (χ0v) is 22.6. The molecule has 2 fully saturated rings. The minimum Gasteiger partial charge on any atom is -0.481 e. The Balaban J connectivity index is 1.58. The fraction of sp³-hybridized carbons (Fsp3) is 0.440. The highest BCUT2D eigenvalue weighted by Crippen LogP contribution is 2.49. The van der Waals surface area contributed by atoms with Crippen molar-refractivity contribution in [3.63, 3.8) is 0 Å². The first-order valence-corrected chi connectivity index (χ1v) is 13.6. The molecule has 4 atom stereocenters. The van der Waals surface area contributed by atoms with Crippen LogP contribution >= 0.6 is 27.3 Å². The van der Waals surface area contributed by atoms with E-state index in [1.807, 2.05) is 0 Å². The maximum absolute atomic E-state index is 15.1. The molecule has 3 aliphatic rings. The summed E-state index contributed by atoms with van der Waals surface area (Å²) in [6.45, 7) is -0.0526. The Hall–Kier alpha value is -2.77. The summed E-state index contributed by atoms with van der Waals surface area (Å²) in [6, 6.07) is 1.65. The number of benzene rings is 1. The smallest absolute Gasteiger partial charge is 0.338 e. The number of rotatable bonds is 7. The predicted octanol–water partition coefficient (Wildman–Crippen LogP) is 4.53. The second kappa shape index (κ2) is 10.4. The molecule has 1 aromatic carbocycles. The first-order valence-electron chi connectivity index (χ1n) is 11.9. The first-order chi connectivity index (χ1) is 18.1. The van der Waals surface area contributed by atoms with E-state index in [4.69, 9.17) is 4.74 Å². The Morgan fingerprint density at radius 1 is 1.34 bits per heavy atom. The van der Waals surface area contributed by atoms with Gasteiger partial charge in [0.2, 0.25) is 0 Å². The SMILES string of the molecule is COC(=O)C1=C(CN2[C@H]3C[C@@H](CC(=O)O)C[C@H]2C(F)(F)C3)NC(c2nccs2)=N[C@H]1c1cccc(F)c1Br. The molecule has 13 heteroatoms. The van der Waals surface area contributed by atoms with Crippen molar-refractivity contribution < 1.29 is 32.6 Å². The third-order valence-corrected chi connectivity index (χ3v) is 8.89. The van der Waals surface area contributed by atoms with E-state index in [0.717, 1.165) is 0 Å². The molecule has 0 saturated carbocycles. The van der Waals surface area contributed by atoms with Crippen LogP contribution < -0.4 is 5.32 Å². The molecule has 2 saturated heterocycles. The van der Waals surface area contributed by atoms with Crippen LogP contribution in [0.25, 0.3) is 0 Å². The summed E-state index contributed by atoms with van der Waals surface area (Å²) in [5.41, 5.74) is 0.754. The molecule has 202 valence electrons. The van der Waals surface area contributed by atoms with Gasteiger partial charge in [-0.25, -0.2) is 22.9 Å². The van der Waals surface area contributed by atoms with E-state index in [0.29, 0.717) is 28.5 Å². The molecule has 2 aromatic rings. The number of thiazole rings is 1. The number of methoxy groups -OCH3 is 1. The molecule has 0 aliphatic carbocycles. The van der Waals surface area contributed by atoms with Crippen LogP contribution in [0, 0.1) is 11.7 Å². The van der Waals surface area contributed by atoms with Crippen LogP contribution in [0.2, 0.25) is 0 Å². The molecule has 8 nitrogen and oxygen atoms in total. The van der Waals surface area contributed by atoms with Gasteiger partial charge in [0.15, 0.2) is 10.8 Å². The maximum Gasteiger partial charge on any atom is 0.338 e. The van der Waals surface area contributed by atoms with E-state index in [9.17, 15) is 19.1 Å². The average molecular weight is 613 g/mol. The van der Waals surface area contributed by atoms with Crippen LogP contribution in [0.3, 0.4) is 0 Å². The molecule has 38 heavy (non-hydrogen) atoms. The number of aliphatic carboxylic acids is 1. The number of carbonyl (C=O) groups is 2. The van der Waals surface area contributed by atoms with E-state index in [1.165, 1.54) is 30.6 Å². The highest BCUT2D eigenvalue weighted by atomic mass is 79.9. The van der Waals surface area contributed by atoms with Crippen LogP contribution in [-0.4, -0.2) is 64.4 Å². The number of amidine groups is 1. The number of carbonyl (C=O) groups excluding carboxylic acids is 1. The number of hydrogen-bond acceptors (Lipinski definition) is 8. The van der Waals surface area contributed by atoms with E-state index < -0.39 is 41.8 Å². The van der Waals surface area contributed by atoms with Crippen molar-refractivity contribution in [1.82, 2.24) is 15.2 Å². The van der Waals surface area contributed by atoms with Crippen molar-refractivity contribution in [2.75, 3.05) is 13.7 Å². The van der Waals surface area contributed by atoms with Gasteiger partial charge < -0.3 is 15.2 Å². The third-order valence-electron chi connectivity index (χ3n) is 7.27. The number of halogens is 4. The Bertz CT molecular complexity index is 1320. The molecule has 1 aromatic heterocycles. The Morgan fingerprint density at radius 3 is 2.79 bits per heavy atom. The molecule has 2 N–H and O–H groups in total. The molecule has 3 aliphatic heterocycles. The number of esters is 1. The number of fused-ring (bicyclic) bond motifs is 2. The minimum absolute atomic E-state index is 0.0307. The number of alkyl halides is 2. The van der Waals surface area contributed by atoms with Crippen LogP contribution in [0.4, 0.5) is 13.2 Å². The van der Waals surface area contributed by atoms with E-state index >= 15 is 8.78 Å². The monoisotopic (exact) mass is 612 g/mol. The summed E-state index contributed by atoms with van der Waals surface area (Å²) >= 11 is 4.56. The molecule has 4 heterocycles. The quantitative estimate of drug-likeness (QED) is 0.443. The van der Waals surface area contributed by atoms with E-state index in [-0.39, 0.29) is 41.8 Å². The normalized spacial score (nSPS) is 26.6. The van der Waals surface area contributed by atoms with Gasteiger partial charge in [-0.2, -0.15) is 0 Å². The Labute approximate surface area is 228 Å². The second-order valence-corrected chi connectivity index (χ2v) is 11.3. The van der Waals surface area contributed by atoms with Crippen LogP contribution in [0.1, 0.15) is 42.3 Å². The van der Waals surface area contributed by atoms with E-state index in [2.05, 4.69) is 31.2 Å². The van der Waals surface area contributed by atoms with Crippen molar-refractivity contribution in [3.8, 4) is 0 Å². The third kappa shape index (κ3) is 4.98. The number of carboxylic acids is 1. The van der Waals surface area contributed by atoms with Gasteiger partial charge in [0.05, 0.1) is 23.2 Å². The minimum atomic E-state index is -3.00. The number of nitrogens with zero attached hydrogens (tertiary/aromatic N) is 3. The summed E-state index contributed by atoms with van der Waals surface area (Å²) in [7, 11) is 1.21. The molecule has 2 bridgehead atoms. The lowest BCUT2D eigenvalue weighted by atomic mass is 9.87. The Morgan fingerprint density at radius 2 is 2.13 bits per heavy atom. The van der Waals surface area contributed by atoms with Crippen molar-refractivity contribution in [1.29, 1.82) is 0 Å². The van der Waals surface area contributed by atoms with Crippen molar-refractivity contribution >= 4 is 45.0 Å². The van der Waals surface area contributed by atoms with Gasteiger partial charge in [0.25, 0.3) is 5.92 Å². The summed E-state index contributed by atoms with van der Waals surface area (Å²) < 4.78 is 49.9. The number of aliphatic imine (C=N–C) groups is 1. The number of hydrogen-bond donors (Lipinski definition) is 2. The number of ether oxygens (including phenoxy) is 1. The van der Waals surface area contributed by atoms with Gasteiger partial charge in [0.1, 0.15) is 11.9 Å². The molecular formula is C25H24BrF3N4O4S. The highest BCUT2D eigenvalue weighted by Gasteiger charge is 2.57. The van der Waals surface area contributed by atoms with Gasteiger partial charge in [0, 0.05) is 42.7 Å². The second-order valence-electron chi connectivity index (χ2n) is 9.61. The number of carboxylic acid groups (broad SMARTS) is 1. The molecule has 0 amide bonds. The summed E-state index contributed by atoms with van der Waals surface area (Å²) in [4.78, 5) is 35.0. The van der Waals surface area contributed by atoms with Gasteiger partial charge in [-0.1, -0.05) is 12.1 Å². The van der Waals surface area contributed by atoms with Crippen LogP contribution in [0.5, 0.6) is 0 Å². The predicted molar refractivity (Wildman–Crippen MR) is 136 cm³/mol. The fourth-order valence-corrected chi connectivity index (χ4v) is 6.77. The summed E-state index contributed by atoms with van der Waals surface area (Å²) in [6.07, 6.45) is 1.38. The van der Waals surface area contributed by atoms with Crippen LogP contribution in [0.15, 0.2) is 50.5 Å². The maximum atomic E-state index is 15.1. The van der Waals surface area contributed by atoms with Crippen molar-refractivity contribution in [2.45, 2.75) is 49.7 Å². The van der Waals surface area contributed by atoms with Gasteiger partial charge >= 0.3 is 11.9 Å². The Kier molecular flexibility index (Phi) is 7.35. The van der Waals surface area contributed by atoms with Crippen molar-refractivity contribution in [3.05, 3.63) is 61.9 Å². The topological polar surface area (TPSA) is 104 Å². The summed E-state index contributed by atoms with van der Waals surface area (Å²) in [5, 5.41) is 14.6. The number of nitrogens with one attached hydrogen (secondary N) is 1. The lowest BCUT2D eigenvalue weighted by Crippen LogP contribution is -2.50. The molecule has 0 radical (unpaired) electrons. The molecule has 5 rings (SSSR count). The van der Waals surface area contributed by atoms with Gasteiger partial charge in [-0.3, -0.25) is 14.7 Å². The van der Waals surface area contributed by atoms with E-state index in [1.54, 1.807) is 22.5 Å². The molecular weight excluding hydrogens is 589 g/mol. The van der Waals surface area contributed by atoms with Gasteiger partial charge in [-0.05, 0) is 46.3 Å². The fourth-order valence-electron chi connectivity index (χ4n) is 5.70. The standard InChI is InChI=1S/C25H24BrF3N4O4S/c1-37-24(36)19-16(11-33-13-7-12(9-18(34)35)8-17(33)25(28,29)10-13)31-22(23-30-5-6-38-23)32-21(19)14-3-2-4-15(27)20(14)26/h2-6,12-13,17,21H,7-11H2,1H3,(H,31,32)(H,34,35)/t12-,13+,17+,21+/m1/s1.